The molecule has 0 aromatic rings. The smallest absolute Gasteiger partial charge is 0.200 e. The van der Waals surface area contributed by atoms with Crippen LogP contribution in [0.2, 0.25) is 0 Å². The molecule has 0 aromatic heterocycles. The van der Waals surface area contributed by atoms with Gasteiger partial charge in [0.25, 0.3) is 0 Å². The van der Waals surface area contributed by atoms with Crippen LogP contribution < -0.4 is 0 Å². The van der Waals surface area contributed by atoms with E-state index in [4.69, 9.17) is 14.2 Å². The summed E-state index contributed by atoms with van der Waals surface area (Å²) in [5.41, 5.74) is -0.536. The van der Waals surface area contributed by atoms with Crippen molar-refractivity contribution >= 4 is 0 Å². The maximum Gasteiger partial charge on any atom is 0.200 e. The van der Waals surface area contributed by atoms with Crippen molar-refractivity contribution in [1.82, 2.24) is 0 Å². The average Bonchev–Trinajstić information content (AvgIpc) is 2.15. The second-order valence-corrected chi connectivity index (χ2v) is 5.87. The molecule has 1 spiro atoms. The van der Waals surface area contributed by atoms with Crippen molar-refractivity contribution in [3.63, 3.8) is 0 Å². The van der Waals surface area contributed by atoms with E-state index in [1.807, 2.05) is 0 Å². The van der Waals surface area contributed by atoms with E-state index in [9.17, 15) is 0 Å². The summed E-state index contributed by atoms with van der Waals surface area (Å²) in [5.74, 6) is -0.547. The van der Waals surface area contributed by atoms with Gasteiger partial charge in [-0.05, 0) is 41.0 Å². The summed E-state index contributed by atoms with van der Waals surface area (Å²) in [4.78, 5) is 0. The van der Waals surface area contributed by atoms with Crippen LogP contribution >= 0.6 is 0 Å². The Morgan fingerprint density at radius 2 is 1.80 bits per heavy atom. The van der Waals surface area contributed by atoms with Crippen molar-refractivity contribution in [3.8, 4) is 0 Å². The zero-order valence-corrected chi connectivity index (χ0v) is 10.4. The minimum absolute atomic E-state index is 0.166. The van der Waals surface area contributed by atoms with Crippen LogP contribution in [-0.4, -0.2) is 29.7 Å². The molecule has 0 amide bonds. The second kappa shape index (κ2) is 3.19. The highest BCUT2D eigenvalue weighted by atomic mass is 16.7. The molecule has 3 nitrogen and oxygen atoms in total. The first kappa shape index (κ1) is 11.4. The number of ether oxygens (including phenoxy) is 3. The van der Waals surface area contributed by atoms with Gasteiger partial charge in [0, 0.05) is 6.42 Å². The summed E-state index contributed by atoms with van der Waals surface area (Å²) in [5, 5.41) is 0. The van der Waals surface area contributed by atoms with Gasteiger partial charge in [-0.15, -0.1) is 0 Å². The zero-order valence-electron chi connectivity index (χ0n) is 10.4. The highest BCUT2D eigenvalue weighted by Crippen LogP contribution is 2.49. The molecule has 0 N–H and O–H groups in total. The third-order valence-corrected chi connectivity index (χ3v) is 3.36. The van der Waals surface area contributed by atoms with E-state index in [1.165, 1.54) is 0 Å². The largest absolute Gasteiger partial charge is 0.364 e. The molecule has 15 heavy (non-hydrogen) atoms. The third kappa shape index (κ3) is 1.81. The lowest BCUT2D eigenvalue weighted by atomic mass is 9.91. The van der Waals surface area contributed by atoms with Gasteiger partial charge in [0.2, 0.25) is 0 Å². The molecule has 0 bridgehead atoms. The normalized spacial score (nSPS) is 43.4. The van der Waals surface area contributed by atoms with Gasteiger partial charge >= 0.3 is 0 Å². The van der Waals surface area contributed by atoms with Gasteiger partial charge in [-0.1, -0.05) is 0 Å². The molecule has 2 aliphatic heterocycles. The fraction of sp³-hybridized carbons (Fsp3) is 1.00. The zero-order chi connectivity index (χ0) is 11.3. The van der Waals surface area contributed by atoms with Crippen LogP contribution in [0, 0.1) is 0 Å². The highest BCUT2D eigenvalue weighted by Gasteiger charge is 2.61. The molecular formula is C12H22O3. The summed E-state index contributed by atoms with van der Waals surface area (Å²) < 4.78 is 18.0. The molecule has 3 heteroatoms. The Balaban J connectivity index is 2.26. The standard InChI is InChI=1S/C12H22O3/c1-9-6-7-13-12(14-9)8-10(2,3)15-11(12,4)5/h9H,6-8H2,1-5H3. The van der Waals surface area contributed by atoms with Gasteiger partial charge in [-0.3, -0.25) is 0 Å². The molecule has 0 saturated carbocycles. The molecule has 0 radical (unpaired) electrons. The van der Waals surface area contributed by atoms with E-state index >= 15 is 0 Å². The first-order valence-corrected chi connectivity index (χ1v) is 5.78. The van der Waals surface area contributed by atoms with Crippen molar-refractivity contribution in [2.24, 2.45) is 0 Å². The van der Waals surface area contributed by atoms with Gasteiger partial charge in [-0.2, -0.15) is 0 Å². The van der Waals surface area contributed by atoms with Gasteiger partial charge in [0.05, 0.1) is 18.3 Å². The molecule has 2 aliphatic rings. The van der Waals surface area contributed by atoms with Crippen LogP contribution in [0.3, 0.4) is 0 Å². The Kier molecular flexibility index (Phi) is 2.42. The lowest BCUT2D eigenvalue weighted by molar-refractivity contribution is -0.328. The molecule has 2 unspecified atom stereocenters. The first-order chi connectivity index (χ1) is 6.77. The molecule has 0 aliphatic carbocycles. The summed E-state index contributed by atoms with van der Waals surface area (Å²) in [6.07, 6.45) is 2.03. The molecule has 2 rings (SSSR count). The van der Waals surface area contributed by atoms with Gasteiger partial charge < -0.3 is 14.2 Å². The lowest BCUT2D eigenvalue weighted by Gasteiger charge is -2.44. The van der Waals surface area contributed by atoms with Crippen LogP contribution in [0.25, 0.3) is 0 Å². The van der Waals surface area contributed by atoms with Crippen molar-refractivity contribution in [1.29, 1.82) is 0 Å². The Labute approximate surface area is 92.1 Å². The molecule has 0 aromatic carbocycles. The monoisotopic (exact) mass is 214 g/mol. The van der Waals surface area contributed by atoms with Gasteiger partial charge in [0.15, 0.2) is 5.79 Å². The van der Waals surface area contributed by atoms with Crippen LogP contribution in [0.15, 0.2) is 0 Å². The third-order valence-electron chi connectivity index (χ3n) is 3.36. The van der Waals surface area contributed by atoms with Crippen molar-refractivity contribution in [2.75, 3.05) is 6.61 Å². The van der Waals surface area contributed by atoms with E-state index in [-0.39, 0.29) is 17.3 Å². The summed E-state index contributed by atoms with van der Waals surface area (Å²) in [6.45, 7) is 11.2. The molecular weight excluding hydrogens is 192 g/mol. The van der Waals surface area contributed by atoms with E-state index in [0.29, 0.717) is 0 Å². The topological polar surface area (TPSA) is 27.7 Å². The van der Waals surface area contributed by atoms with E-state index < -0.39 is 5.79 Å². The predicted octanol–water partition coefficient (Wildman–Crippen LogP) is 2.49. The predicted molar refractivity (Wildman–Crippen MR) is 57.7 cm³/mol. The van der Waals surface area contributed by atoms with E-state index in [0.717, 1.165) is 19.4 Å². The average molecular weight is 214 g/mol. The Morgan fingerprint density at radius 1 is 1.13 bits per heavy atom. The lowest BCUT2D eigenvalue weighted by Crippen LogP contribution is -2.55. The first-order valence-electron chi connectivity index (χ1n) is 5.78. The maximum absolute atomic E-state index is 6.04. The van der Waals surface area contributed by atoms with Crippen LogP contribution in [0.5, 0.6) is 0 Å². The molecule has 2 heterocycles. The Bertz CT molecular complexity index is 260. The van der Waals surface area contributed by atoms with Gasteiger partial charge in [-0.25, -0.2) is 0 Å². The quantitative estimate of drug-likeness (QED) is 0.620. The van der Waals surface area contributed by atoms with Crippen molar-refractivity contribution in [3.05, 3.63) is 0 Å². The Morgan fingerprint density at radius 3 is 2.27 bits per heavy atom. The van der Waals surface area contributed by atoms with Gasteiger partial charge in [0.1, 0.15) is 5.60 Å². The number of hydrogen-bond acceptors (Lipinski definition) is 3. The van der Waals surface area contributed by atoms with E-state index in [2.05, 4.69) is 34.6 Å². The maximum atomic E-state index is 6.04. The summed E-state index contributed by atoms with van der Waals surface area (Å²) in [6, 6.07) is 0. The van der Waals surface area contributed by atoms with Crippen LogP contribution in [-0.2, 0) is 14.2 Å². The molecule has 2 saturated heterocycles. The second-order valence-electron chi connectivity index (χ2n) is 5.87. The summed E-state index contributed by atoms with van der Waals surface area (Å²) in [7, 11) is 0. The minimum Gasteiger partial charge on any atom is -0.364 e. The number of hydrogen-bond donors (Lipinski definition) is 0. The fourth-order valence-electron chi connectivity index (χ4n) is 2.79. The highest BCUT2D eigenvalue weighted by molar-refractivity contribution is 5.03. The molecule has 88 valence electrons. The Hall–Kier alpha value is -0.120. The SMILES string of the molecule is CC1CCOC2(CC(C)(C)OC2(C)C)O1. The molecule has 2 fully saturated rings. The fourth-order valence-corrected chi connectivity index (χ4v) is 2.79. The minimum atomic E-state index is -0.547. The van der Waals surface area contributed by atoms with E-state index in [1.54, 1.807) is 0 Å². The van der Waals surface area contributed by atoms with Crippen molar-refractivity contribution in [2.45, 2.75) is 70.6 Å². The van der Waals surface area contributed by atoms with Crippen molar-refractivity contribution < 1.29 is 14.2 Å². The molecule has 2 atom stereocenters. The summed E-state index contributed by atoms with van der Waals surface area (Å²) >= 11 is 0. The number of rotatable bonds is 0. The van der Waals surface area contributed by atoms with Crippen LogP contribution in [0.4, 0.5) is 0 Å². The van der Waals surface area contributed by atoms with Crippen LogP contribution in [0.1, 0.15) is 47.5 Å².